The Labute approximate surface area is 104 Å². The lowest BCUT2D eigenvalue weighted by Crippen LogP contribution is -2.22. The molecular formula is C13H24N4. The minimum atomic E-state index is 0.339. The van der Waals surface area contributed by atoms with E-state index in [4.69, 9.17) is 5.73 Å². The van der Waals surface area contributed by atoms with E-state index in [1.54, 1.807) is 0 Å². The van der Waals surface area contributed by atoms with Crippen LogP contribution in [0.2, 0.25) is 0 Å². The Morgan fingerprint density at radius 2 is 2.12 bits per heavy atom. The molecule has 0 radical (unpaired) electrons. The lowest BCUT2D eigenvalue weighted by atomic mass is 9.81. The molecule has 17 heavy (non-hydrogen) atoms. The second-order valence-electron chi connectivity index (χ2n) is 6.08. The molecule has 1 aromatic rings. The van der Waals surface area contributed by atoms with Crippen molar-refractivity contribution in [3.8, 4) is 0 Å². The van der Waals surface area contributed by atoms with Gasteiger partial charge in [-0.25, -0.2) is 0 Å². The van der Waals surface area contributed by atoms with Crippen LogP contribution in [0.1, 0.15) is 70.6 Å². The molecule has 4 nitrogen and oxygen atoms in total. The highest BCUT2D eigenvalue weighted by Gasteiger charge is 2.39. The van der Waals surface area contributed by atoms with Crippen molar-refractivity contribution in [2.45, 2.75) is 65.5 Å². The number of nitrogens with two attached hydrogens (primary N) is 1. The third-order valence-electron chi connectivity index (χ3n) is 4.06. The number of aromatic nitrogens is 3. The van der Waals surface area contributed by atoms with E-state index in [2.05, 4.69) is 42.5 Å². The molecule has 1 aliphatic rings. The number of hydrogen-bond acceptors (Lipinski definition) is 3. The highest BCUT2D eigenvalue weighted by Crippen LogP contribution is 2.48. The number of nitrogens with zero attached hydrogens (tertiary/aromatic N) is 3. The summed E-state index contributed by atoms with van der Waals surface area (Å²) in [5, 5.41) is 8.67. The third-order valence-corrected chi connectivity index (χ3v) is 4.06. The predicted molar refractivity (Wildman–Crippen MR) is 68.7 cm³/mol. The van der Waals surface area contributed by atoms with Gasteiger partial charge in [0, 0.05) is 12.0 Å². The van der Waals surface area contributed by atoms with Gasteiger partial charge >= 0.3 is 0 Å². The first-order chi connectivity index (χ1) is 7.97. The molecule has 4 heteroatoms. The molecule has 1 fully saturated rings. The van der Waals surface area contributed by atoms with E-state index in [0.717, 1.165) is 11.6 Å². The largest absolute Gasteiger partial charge is 0.324 e. The van der Waals surface area contributed by atoms with Gasteiger partial charge in [-0.05, 0) is 32.1 Å². The number of hydrogen-bond donors (Lipinski definition) is 1. The molecule has 2 rings (SSSR count). The van der Waals surface area contributed by atoms with Crippen LogP contribution < -0.4 is 5.73 Å². The van der Waals surface area contributed by atoms with Gasteiger partial charge in [0.2, 0.25) is 0 Å². The fourth-order valence-corrected chi connectivity index (χ4v) is 3.08. The minimum Gasteiger partial charge on any atom is -0.324 e. The lowest BCUT2D eigenvalue weighted by Gasteiger charge is -2.27. The maximum Gasteiger partial charge on any atom is 0.147 e. The summed E-state index contributed by atoms with van der Waals surface area (Å²) in [5.41, 5.74) is 6.08. The average Bonchev–Trinajstić information content (AvgIpc) is 2.79. The molecule has 1 atom stereocenters. The van der Waals surface area contributed by atoms with Crippen molar-refractivity contribution < 1.29 is 0 Å². The molecule has 0 spiro atoms. The monoisotopic (exact) mass is 236 g/mol. The summed E-state index contributed by atoms with van der Waals surface area (Å²) in [6, 6.07) is 0.384. The smallest absolute Gasteiger partial charge is 0.147 e. The second kappa shape index (κ2) is 4.41. The van der Waals surface area contributed by atoms with Crippen LogP contribution in [-0.2, 0) is 6.54 Å². The predicted octanol–water partition coefficient (Wildman–Crippen LogP) is 2.61. The topological polar surface area (TPSA) is 56.7 Å². The molecule has 0 aromatic carbocycles. The van der Waals surface area contributed by atoms with Crippen LogP contribution in [0.5, 0.6) is 0 Å². The fraction of sp³-hybridized carbons (Fsp3) is 0.846. The SMILES string of the molecule is CC(C)n1c(CN)nnc1C1CCCC1(C)C. The molecule has 1 saturated carbocycles. The van der Waals surface area contributed by atoms with Gasteiger partial charge in [-0.2, -0.15) is 0 Å². The highest BCUT2D eigenvalue weighted by atomic mass is 15.3. The summed E-state index contributed by atoms with van der Waals surface area (Å²) in [5.74, 6) is 2.58. The van der Waals surface area contributed by atoms with E-state index in [-0.39, 0.29) is 0 Å². The summed E-state index contributed by atoms with van der Waals surface area (Å²) >= 11 is 0. The van der Waals surface area contributed by atoms with Gasteiger partial charge in [-0.15, -0.1) is 10.2 Å². The standard InChI is InChI=1S/C13H24N4/c1-9(2)17-11(8-14)15-16-12(17)10-6-5-7-13(10,3)4/h9-10H,5-8,14H2,1-4H3. The van der Waals surface area contributed by atoms with Crippen LogP contribution in [-0.4, -0.2) is 14.8 Å². The fourth-order valence-electron chi connectivity index (χ4n) is 3.08. The summed E-state index contributed by atoms with van der Waals surface area (Å²) in [6.07, 6.45) is 3.80. The normalized spacial score (nSPS) is 23.5. The van der Waals surface area contributed by atoms with E-state index in [1.807, 2.05) is 0 Å². The van der Waals surface area contributed by atoms with E-state index in [1.165, 1.54) is 19.3 Å². The van der Waals surface area contributed by atoms with Crippen LogP contribution in [0.15, 0.2) is 0 Å². The summed E-state index contributed by atoms with van der Waals surface area (Å²) in [4.78, 5) is 0. The maximum absolute atomic E-state index is 5.74. The van der Waals surface area contributed by atoms with Crippen LogP contribution in [0.3, 0.4) is 0 Å². The summed E-state index contributed by atoms with van der Waals surface area (Å²) < 4.78 is 2.23. The van der Waals surface area contributed by atoms with Gasteiger partial charge < -0.3 is 10.3 Å². The third kappa shape index (κ3) is 2.10. The molecule has 0 saturated heterocycles. The Bertz CT molecular complexity index is 392. The summed E-state index contributed by atoms with van der Waals surface area (Å²) in [6.45, 7) is 9.50. The zero-order valence-corrected chi connectivity index (χ0v) is 11.4. The van der Waals surface area contributed by atoms with E-state index in [0.29, 0.717) is 23.9 Å². The van der Waals surface area contributed by atoms with Gasteiger partial charge in [-0.1, -0.05) is 20.3 Å². The lowest BCUT2D eigenvalue weighted by molar-refractivity contribution is 0.310. The first kappa shape index (κ1) is 12.6. The molecular weight excluding hydrogens is 212 g/mol. The van der Waals surface area contributed by atoms with Crippen LogP contribution in [0.25, 0.3) is 0 Å². The summed E-state index contributed by atoms with van der Waals surface area (Å²) in [7, 11) is 0. The molecule has 96 valence electrons. The van der Waals surface area contributed by atoms with Gasteiger partial charge in [-0.3, -0.25) is 0 Å². The molecule has 0 aliphatic heterocycles. The van der Waals surface area contributed by atoms with E-state index in [9.17, 15) is 0 Å². The van der Waals surface area contributed by atoms with E-state index < -0.39 is 0 Å². The maximum atomic E-state index is 5.74. The molecule has 1 heterocycles. The van der Waals surface area contributed by atoms with Crippen molar-refractivity contribution in [3.05, 3.63) is 11.6 Å². The molecule has 1 aliphatic carbocycles. The van der Waals surface area contributed by atoms with Crippen molar-refractivity contribution in [2.75, 3.05) is 0 Å². The highest BCUT2D eigenvalue weighted by molar-refractivity contribution is 5.10. The Hall–Kier alpha value is -0.900. The van der Waals surface area contributed by atoms with Crippen LogP contribution in [0.4, 0.5) is 0 Å². The van der Waals surface area contributed by atoms with Crippen molar-refractivity contribution in [1.29, 1.82) is 0 Å². The van der Waals surface area contributed by atoms with Crippen molar-refractivity contribution in [3.63, 3.8) is 0 Å². The molecule has 2 N–H and O–H groups in total. The quantitative estimate of drug-likeness (QED) is 0.877. The number of rotatable bonds is 3. The van der Waals surface area contributed by atoms with E-state index >= 15 is 0 Å². The Morgan fingerprint density at radius 1 is 1.41 bits per heavy atom. The van der Waals surface area contributed by atoms with Gasteiger partial charge in [0.05, 0.1) is 6.54 Å². The molecule has 1 aromatic heterocycles. The first-order valence-electron chi connectivity index (χ1n) is 6.61. The molecule has 0 amide bonds. The first-order valence-corrected chi connectivity index (χ1v) is 6.61. The minimum absolute atomic E-state index is 0.339. The Morgan fingerprint density at radius 3 is 2.59 bits per heavy atom. The zero-order chi connectivity index (χ0) is 12.6. The van der Waals surface area contributed by atoms with Crippen LogP contribution in [0, 0.1) is 5.41 Å². The van der Waals surface area contributed by atoms with Gasteiger partial charge in [0.1, 0.15) is 11.6 Å². The van der Waals surface area contributed by atoms with Gasteiger partial charge in [0.25, 0.3) is 0 Å². The zero-order valence-electron chi connectivity index (χ0n) is 11.4. The van der Waals surface area contributed by atoms with Crippen molar-refractivity contribution in [1.82, 2.24) is 14.8 Å². The van der Waals surface area contributed by atoms with Crippen molar-refractivity contribution >= 4 is 0 Å². The average molecular weight is 236 g/mol. The Balaban J connectivity index is 2.42. The second-order valence-corrected chi connectivity index (χ2v) is 6.08. The van der Waals surface area contributed by atoms with Crippen molar-refractivity contribution in [2.24, 2.45) is 11.1 Å². The van der Waals surface area contributed by atoms with Gasteiger partial charge in [0.15, 0.2) is 0 Å². The Kier molecular flexibility index (Phi) is 3.25. The molecule has 0 bridgehead atoms. The van der Waals surface area contributed by atoms with Crippen LogP contribution >= 0.6 is 0 Å². The molecule has 1 unspecified atom stereocenters.